The molecule has 0 aliphatic heterocycles. The standard InChI is InChI=1S/C15H19FN2S/c1-11(2)18-10-13(9-15-17-7-8-19-15)12-3-5-14(16)6-4-12/h3-8,11,13,18H,9-10H2,1-2H3. The van der Waals surface area contributed by atoms with Crippen LogP contribution in [0.4, 0.5) is 4.39 Å². The first-order valence-electron chi connectivity index (χ1n) is 6.52. The molecule has 0 amide bonds. The molecule has 0 saturated heterocycles. The fourth-order valence-electron chi connectivity index (χ4n) is 1.99. The molecule has 102 valence electrons. The minimum absolute atomic E-state index is 0.187. The topological polar surface area (TPSA) is 24.9 Å². The summed E-state index contributed by atoms with van der Waals surface area (Å²) in [5.74, 6) is 0.141. The number of hydrogen-bond donors (Lipinski definition) is 1. The number of hydrogen-bond acceptors (Lipinski definition) is 3. The van der Waals surface area contributed by atoms with Crippen molar-refractivity contribution in [1.29, 1.82) is 0 Å². The van der Waals surface area contributed by atoms with Gasteiger partial charge in [0.05, 0.1) is 5.01 Å². The zero-order chi connectivity index (χ0) is 13.7. The Bertz CT molecular complexity index is 479. The van der Waals surface area contributed by atoms with Gasteiger partial charge in [-0.25, -0.2) is 9.37 Å². The zero-order valence-electron chi connectivity index (χ0n) is 11.3. The lowest BCUT2D eigenvalue weighted by atomic mass is 9.95. The van der Waals surface area contributed by atoms with Gasteiger partial charge in [-0.3, -0.25) is 0 Å². The van der Waals surface area contributed by atoms with E-state index in [0.29, 0.717) is 12.0 Å². The molecule has 2 rings (SSSR count). The molecule has 2 aromatic rings. The van der Waals surface area contributed by atoms with Crippen LogP contribution in [0.5, 0.6) is 0 Å². The summed E-state index contributed by atoms with van der Waals surface area (Å²) in [5.41, 5.74) is 1.16. The van der Waals surface area contributed by atoms with Crippen molar-refractivity contribution in [2.45, 2.75) is 32.2 Å². The Labute approximate surface area is 117 Å². The van der Waals surface area contributed by atoms with Gasteiger partial charge in [0.15, 0.2) is 0 Å². The van der Waals surface area contributed by atoms with Crippen LogP contribution >= 0.6 is 11.3 Å². The first-order valence-corrected chi connectivity index (χ1v) is 7.40. The second kappa shape index (κ2) is 6.78. The van der Waals surface area contributed by atoms with Crippen molar-refractivity contribution in [3.05, 3.63) is 52.2 Å². The quantitative estimate of drug-likeness (QED) is 0.873. The van der Waals surface area contributed by atoms with E-state index in [4.69, 9.17) is 0 Å². The normalized spacial score (nSPS) is 12.8. The van der Waals surface area contributed by atoms with Crippen molar-refractivity contribution >= 4 is 11.3 Å². The van der Waals surface area contributed by atoms with Gasteiger partial charge in [-0.05, 0) is 17.7 Å². The molecular weight excluding hydrogens is 259 g/mol. The summed E-state index contributed by atoms with van der Waals surface area (Å²) < 4.78 is 13.0. The van der Waals surface area contributed by atoms with Gasteiger partial charge in [0.25, 0.3) is 0 Å². The number of nitrogens with one attached hydrogen (secondary N) is 1. The molecule has 1 unspecified atom stereocenters. The highest BCUT2D eigenvalue weighted by Crippen LogP contribution is 2.22. The van der Waals surface area contributed by atoms with E-state index in [1.807, 2.05) is 23.7 Å². The van der Waals surface area contributed by atoms with Gasteiger partial charge < -0.3 is 5.32 Å². The average Bonchev–Trinajstić information content (AvgIpc) is 2.88. The van der Waals surface area contributed by atoms with E-state index in [9.17, 15) is 4.39 Å². The van der Waals surface area contributed by atoms with Crippen molar-refractivity contribution < 1.29 is 4.39 Å². The minimum atomic E-state index is -0.187. The Morgan fingerprint density at radius 2 is 2.00 bits per heavy atom. The van der Waals surface area contributed by atoms with Gasteiger partial charge >= 0.3 is 0 Å². The monoisotopic (exact) mass is 278 g/mol. The minimum Gasteiger partial charge on any atom is -0.314 e. The van der Waals surface area contributed by atoms with Crippen LogP contribution in [0.1, 0.15) is 30.3 Å². The van der Waals surface area contributed by atoms with Crippen LogP contribution in [0.25, 0.3) is 0 Å². The highest BCUT2D eigenvalue weighted by molar-refractivity contribution is 7.09. The van der Waals surface area contributed by atoms with E-state index >= 15 is 0 Å². The number of halogens is 1. The van der Waals surface area contributed by atoms with Crippen molar-refractivity contribution in [3.8, 4) is 0 Å². The molecule has 2 nitrogen and oxygen atoms in total. The second-order valence-electron chi connectivity index (χ2n) is 4.94. The molecule has 4 heteroatoms. The van der Waals surface area contributed by atoms with E-state index < -0.39 is 0 Å². The Morgan fingerprint density at radius 1 is 1.26 bits per heavy atom. The number of thiazole rings is 1. The summed E-state index contributed by atoms with van der Waals surface area (Å²) in [7, 11) is 0. The first-order chi connectivity index (χ1) is 9.15. The van der Waals surface area contributed by atoms with Crippen molar-refractivity contribution in [3.63, 3.8) is 0 Å². The third-order valence-corrected chi connectivity index (χ3v) is 3.82. The molecule has 0 aliphatic carbocycles. The van der Waals surface area contributed by atoms with Gasteiger partial charge in [-0.1, -0.05) is 26.0 Å². The molecule has 0 fully saturated rings. The van der Waals surface area contributed by atoms with Gasteiger partial charge in [-0.2, -0.15) is 0 Å². The molecule has 19 heavy (non-hydrogen) atoms. The van der Waals surface area contributed by atoms with Crippen LogP contribution in [-0.4, -0.2) is 17.6 Å². The summed E-state index contributed by atoms with van der Waals surface area (Å²) >= 11 is 1.67. The van der Waals surface area contributed by atoms with E-state index in [1.54, 1.807) is 11.3 Å². The molecule has 0 bridgehead atoms. The van der Waals surface area contributed by atoms with Gasteiger partial charge in [-0.15, -0.1) is 11.3 Å². The Hall–Kier alpha value is -1.26. The second-order valence-corrected chi connectivity index (χ2v) is 5.92. The largest absolute Gasteiger partial charge is 0.314 e. The average molecular weight is 278 g/mol. The Kier molecular flexibility index (Phi) is 5.05. The zero-order valence-corrected chi connectivity index (χ0v) is 12.1. The molecular formula is C15H19FN2S. The molecule has 1 atom stereocenters. The maximum atomic E-state index is 13.0. The molecule has 0 aliphatic rings. The number of nitrogens with zero attached hydrogens (tertiary/aromatic N) is 1. The summed E-state index contributed by atoms with van der Waals surface area (Å²) in [5, 5.41) is 6.57. The summed E-state index contributed by atoms with van der Waals surface area (Å²) in [6, 6.07) is 7.24. The fourth-order valence-corrected chi connectivity index (χ4v) is 2.68. The maximum absolute atomic E-state index is 13.0. The molecule has 1 heterocycles. The third kappa shape index (κ3) is 4.40. The van der Waals surface area contributed by atoms with Gasteiger partial charge in [0.1, 0.15) is 5.82 Å². The van der Waals surface area contributed by atoms with Crippen LogP contribution in [0.2, 0.25) is 0 Å². The highest BCUT2D eigenvalue weighted by Gasteiger charge is 2.14. The van der Waals surface area contributed by atoms with Crippen LogP contribution in [0.15, 0.2) is 35.8 Å². The molecule has 0 radical (unpaired) electrons. The summed E-state index contributed by atoms with van der Waals surface area (Å²) in [6.07, 6.45) is 2.72. The highest BCUT2D eigenvalue weighted by atomic mass is 32.1. The smallest absolute Gasteiger partial charge is 0.123 e. The van der Waals surface area contributed by atoms with Gasteiger partial charge in [0, 0.05) is 36.5 Å². The number of rotatable bonds is 6. The van der Waals surface area contributed by atoms with E-state index in [0.717, 1.165) is 23.5 Å². The van der Waals surface area contributed by atoms with Crippen molar-refractivity contribution in [2.75, 3.05) is 6.54 Å². The molecule has 1 aromatic heterocycles. The predicted octanol–water partition coefficient (Wildman–Crippen LogP) is 3.61. The Morgan fingerprint density at radius 3 is 2.58 bits per heavy atom. The van der Waals surface area contributed by atoms with Crippen LogP contribution in [0.3, 0.4) is 0 Å². The van der Waals surface area contributed by atoms with Crippen molar-refractivity contribution in [1.82, 2.24) is 10.3 Å². The maximum Gasteiger partial charge on any atom is 0.123 e. The van der Waals surface area contributed by atoms with E-state index in [1.165, 1.54) is 12.1 Å². The van der Waals surface area contributed by atoms with Crippen LogP contribution in [0, 0.1) is 5.82 Å². The van der Waals surface area contributed by atoms with Crippen LogP contribution in [-0.2, 0) is 6.42 Å². The lowest BCUT2D eigenvalue weighted by Crippen LogP contribution is -2.28. The fraction of sp³-hybridized carbons (Fsp3) is 0.400. The third-order valence-electron chi connectivity index (χ3n) is 3.02. The molecule has 0 spiro atoms. The van der Waals surface area contributed by atoms with Crippen molar-refractivity contribution in [2.24, 2.45) is 0 Å². The summed E-state index contributed by atoms with van der Waals surface area (Å²) in [6.45, 7) is 5.14. The molecule has 1 N–H and O–H groups in total. The first kappa shape index (κ1) is 14.2. The lowest BCUT2D eigenvalue weighted by Gasteiger charge is -2.19. The Balaban J connectivity index is 2.11. The summed E-state index contributed by atoms with van der Waals surface area (Å²) in [4.78, 5) is 4.34. The number of aromatic nitrogens is 1. The molecule has 1 aromatic carbocycles. The predicted molar refractivity (Wildman–Crippen MR) is 78.1 cm³/mol. The van der Waals surface area contributed by atoms with E-state index in [2.05, 4.69) is 24.1 Å². The van der Waals surface area contributed by atoms with Gasteiger partial charge in [0.2, 0.25) is 0 Å². The van der Waals surface area contributed by atoms with Crippen LogP contribution < -0.4 is 5.32 Å². The number of benzene rings is 1. The molecule has 0 saturated carbocycles. The van der Waals surface area contributed by atoms with E-state index in [-0.39, 0.29) is 5.82 Å². The SMILES string of the molecule is CC(C)NCC(Cc1nccs1)c1ccc(F)cc1. The lowest BCUT2D eigenvalue weighted by molar-refractivity contribution is 0.525.